The minimum absolute atomic E-state index is 0.0138. The summed E-state index contributed by atoms with van der Waals surface area (Å²) in [4.78, 5) is 39.1. The number of esters is 1. The molecule has 6 heteroatoms. The highest BCUT2D eigenvalue weighted by Gasteiger charge is 2.89. The Labute approximate surface area is 150 Å². The van der Waals surface area contributed by atoms with Crippen molar-refractivity contribution in [1.29, 1.82) is 0 Å². The van der Waals surface area contributed by atoms with E-state index in [1.54, 1.807) is 26.0 Å². The molecule has 138 valence electrons. The van der Waals surface area contributed by atoms with Gasteiger partial charge in [0.05, 0.1) is 11.3 Å². The van der Waals surface area contributed by atoms with Gasteiger partial charge in [0.1, 0.15) is 0 Å². The van der Waals surface area contributed by atoms with Crippen LogP contribution in [0.2, 0.25) is 0 Å². The fraction of sp³-hybridized carbons (Fsp3) is 0.650. The van der Waals surface area contributed by atoms with Gasteiger partial charge >= 0.3 is 5.97 Å². The molecule has 0 aromatic rings. The second-order valence-electron chi connectivity index (χ2n) is 9.32. The number of allylic oxidation sites excluding steroid dienone is 2. The summed E-state index contributed by atoms with van der Waals surface area (Å²) in [5, 5.41) is 22.9. The second-order valence-corrected chi connectivity index (χ2v) is 9.32. The largest absolute Gasteiger partial charge is 0.424 e. The van der Waals surface area contributed by atoms with E-state index in [0.717, 1.165) is 0 Å². The summed E-state index contributed by atoms with van der Waals surface area (Å²) in [6.07, 6.45) is 4.79. The van der Waals surface area contributed by atoms with Crippen LogP contribution in [0.5, 0.6) is 0 Å². The van der Waals surface area contributed by atoms with Gasteiger partial charge in [0, 0.05) is 22.8 Å². The minimum Gasteiger partial charge on any atom is -0.424 e. The van der Waals surface area contributed by atoms with Crippen molar-refractivity contribution in [1.82, 2.24) is 0 Å². The van der Waals surface area contributed by atoms with Crippen molar-refractivity contribution >= 4 is 17.5 Å². The van der Waals surface area contributed by atoms with Gasteiger partial charge < -0.3 is 14.9 Å². The molecular formula is C20H22O6. The first-order chi connectivity index (χ1) is 12.0. The monoisotopic (exact) mass is 358 g/mol. The lowest BCUT2D eigenvalue weighted by molar-refractivity contribution is -0.234. The number of aliphatic hydroxyl groups is 2. The molecule has 0 radical (unpaired) electrons. The average Bonchev–Trinajstić information content (AvgIpc) is 3.26. The maximum Gasteiger partial charge on any atom is 0.315 e. The SMILES string of the molecule is C=C[C@]1(C)C=C2C(=O)[C@@]3(O)OC(=O)[C@@]4(C)CC[C@H]5C[C@]5(C43)[C@@]2(O)C(=O)C1. The molecule has 0 aromatic carbocycles. The van der Waals surface area contributed by atoms with Crippen LogP contribution in [0.15, 0.2) is 24.3 Å². The maximum absolute atomic E-state index is 13.3. The standard InChI is InChI=1S/C20H22O6/c1-4-16(2)8-11-13(22)20(25)14-17(3,15(23)26-20)6-5-10-7-18(10,14)19(11,24)12(21)9-16/h4,8,10,14,24-25H,1,5-7,9H2,2-3H3/t10-,14?,16+,17-,18-,19-,20+/m0/s1. The number of fused-ring (bicyclic) bond motifs is 1. The molecule has 0 bridgehead atoms. The topological polar surface area (TPSA) is 101 Å². The van der Waals surface area contributed by atoms with Crippen molar-refractivity contribution in [2.24, 2.45) is 28.1 Å². The molecular weight excluding hydrogens is 336 g/mol. The first-order valence-electron chi connectivity index (χ1n) is 9.13. The summed E-state index contributed by atoms with van der Waals surface area (Å²) in [5.41, 5.74) is -4.97. The van der Waals surface area contributed by atoms with Gasteiger partial charge in [-0.25, -0.2) is 0 Å². The third-order valence-corrected chi connectivity index (χ3v) is 7.94. The van der Waals surface area contributed by atoms with Crippen molar-refractivity contribution in [3.63, 3.8) is 0 Å². The van der Waals surface area contributed by atoms with E-state index >= 15 is 0 Å². The number of ketones is 2. The molecule has 4 aliphatic carbocycles. The molecule has 1 aliphatic heterocycles. The molecule has 1 saturated heterocycles. The van der Waals surface area contributed by atoms with E-state index < -0.39 is 51.1 Å². The zero-order valence-corrected chi connectivity index (χ0v) is 14.9. The highest BCUT2D eigenvalue weighted by Crippen LogP contribution is 2.80. The van der Waals surface area contributed by atoms with Gasteiger partial charge in [-0.2, -0.15) is 0 Å². The predicted octanol–water partition coefficient (Wildman–Crippen LogP) is 1.06. The van der Waals surface area contributed by atoms with Crippen LogP contribution in [0.4, 0.5) is 0 Å². The van der Waals surface area contributed by atoms with E-state index in [4.69, 9.17) is 4.74 Å². The molecule has 1 spiro atoms. The third kappa shape index (κ3) is 1.34. The normalized spacial score (nSPS) is 56.8. The average molecular weight is 358 g/mol. The number of carbonyl (C=O) groups excluding carboxylic acids is 3. The quantitative estimate of drug-likeness (QED) is 0.537. The fourth-order valence-electron chi connectivity index (χ4n) is 6.57. The van der Waals surface area contributed by atoms with Crippen molar-refractivity contribution in [3.05, 3.63) is 24.3 Å². The summed E-state index contributed by atoms with van der Waals surface area (Å²) in [6, 6.07) is 0. The molecule has 6 nitrogen and oxygen atoms in total. The van der Waals surface area contributed by atoms with Crippen molar-refractivity contribution in [2.75, 3.05) is 0 Å². The number of Topliss-reactive ketones (excluding diaryl/α,β-unsaturated/α-hetero) is 2. The summed E-state index contributed by atoms with van der Waals surface area (Å²) >= 11 is 0. The third-order valence-electron chi connectivity index (χ3n) is 7.94. The van der Waals surface area contributed by atoms with Crippen LogP contribution >= 0.6 is 0 Å². The molecule has 0 aromatic heterocycles. The Bertz CT molecular complexity index is 858. The van der Waals surface area contributed by atoms with Crippen LogP contribution in [-0.2, 0) is 19.1 Å². The van der Waals surface area contributed by atoms with Gasteiger partial charge in [0.25, 0.3) is 5.79 Å². The van der Waals surface area contributed by atoms with Crippen LogP contribution in [0.3, 0.4) is 0 Å². The van der Waals surface area contributed by atoms with Crippen LogP contribution < -0.4 is 0 Å². The second kappa shape index (κ2) is 4.04. The van der Waals surface area contributed by atoms with E-state index in [-0.39, 0.29) is 17.9 Å². The lowest BCUT2D eigenvalue weighted by atomic mass is 9.47. The van der Waals surface area contributed by atoms with Crippen LogP contribution in [0.25, 0.3) is 0 Å². The Hall–Kier alpha value is -1.79. The molecule has 2 N–H and O–H groups in total. The lowest BCUT2D eigenvalue weighted by Crippen LogP contribution is -2.70. The summed E-state index contributed by atoms with van der Waals surface area (Å²) in [6.45, 7) is 7.17. The molecule has 5 rings (SSSR count). The zero-order chi connectivity index (χ0) is 18.9. The Kier molecular flexibility index (Phi) is 2.55. The van der Waals surface area contributed by atoms with Gasteiger partial charge in [0.2, 0.25) is 5.78 Å². The molecule has 26 heavy (non-hydrogen) atoms. The Morgan fingerprint density at radius 1 is 1.27 bits per heavy atom. The van der Waals surface area contributed by atoms with Crippen molar-refractivity contribution in [2.45, 2.75) is 50.9 Å². The van der Waals surface area contributed by atoms with Crippen LogP contribution in [-0.4, -0.2) is 39.1 Å². The van der Waals surface area contributed by atoms with E-state index in [2.05, 4.69) is 6.58 Å². The van der Waals surface area contributed by atoms with E-state index in [0.29, 0.717) is 19.3 Å². The first kappa shape index (κ1) is 16.4. The first-order valence-corrected chi connectivity index (χ1v) is 9.13. The summed E-state index contributed by atoms with van der Waals surface area (Å²) in [5.74, 6) is -5.13. The summed E-state index contributed by atoms with van der Waals surface area (Å²) in [7, 11) is 0. The molecule has 7 atom stereocenters. The van der Waals surface area contributed by atoms with E-state index in [1.807, 2.05) is 0 Å². The molecule has 0 amide bonds. The van der Waals surface area contributed by atoms with Crippen molar-refractivity contribution in [3.8, 4) is 0 Å². The smallest absolute Gasteiger partial charge is 0.315 e. The van der Waals surface area contributed by atoms with Gasteiger partial charge in [-0.1, -0.05) is 19.1 Å². The lowest BCUT2D eigenvalue weighted by Gasteiger charge is -2.55. The van der Waals surface area contributed by atoms with Gasteiger partial charge in [-0.05, 0) is 32.1 Å². The van der Waals surface area contributed by atoms with Gasteiger partial charge in [-0.3, -0.25) is 14.4 Å². The fourth-order valence-corrected chi connectivity index (χ4v) is 6.57. The van der Waals surface area contributed by atoms with Crippen LogP contribution in [0, 0.1) is 28.1 Å². The summed E-state index contributed by atoms with van der Waals surface area (Å²) < 4.78 is 5.28. The number of hydrogen-bond donors (Lipinski definition) is 2. The zero-order valence-electron chi connectivity index (χ0n) is 14.9. The molecule has 1 unspecified atom stereocenters. The Balaban J connectivity index is 1.83. The maximum atomic E-state index is 13.3. The molecule has 3 saturated carbocycles. The predicted molar refractivity (Wildman–Crippen MR) is 88.4 cm³/mol. The Morgan fingerprint density at radius 2 is 1.96 bits per heavy atom. The Morgan fingerprint density at radius 3 is 2.62 bits per heavy atom. The number of carbonyl (C=O) groups is 3. The molecule has 5 aliphatic rings. The van der Waals surface area contributed by atoms with E-state index in [9.17, 15) is 24.6 Å². The number of rotatable bonds is 1. The number of hydrogen-bond acceptors (Lipinski definition) is 6. The van der Waals surface area contributed by atoms with Gasteiger partial charge in [0.15, 0.2) is 11.4 Å². The van der Waals surface area contributed by atoms with Gasteiger partial charge in [-0.15, -0.1) is 6.58 Å². The van der Waals surface area contributed by atoms with E-state index in [1.165, 1.54) is 0 Å². The molecule has 4 fully saturated rings. The van der Waals surface area contributed by atoms with Crippen LogP contribution in [0.1, 0.15) is 39.5 Å². The van der Waals surface area contributed by atoms with Crippen molar-refractivity contribution < 1.29 is 29.3 Å². The molecule has 1 heterocycles. The highest BCUT2D eigenvalue weighted by molar-refractivity contribution is 6.15. The highest BCUT2D eigenvalue weighted by atomic mass is 16.7. The minimum atomic E-state index is -2.31. The number of ether oxygens (including phenoxy) is 1.